The first-order valence-corrected chi connectivity index (χ1v) is 9.84. The summed E-state index contributed by atoms with van der Waals surface area (Å²) in [5.41, 5.74) is 2.74. The fraction of sp³-hybridized carbons (Fsp3) is 0.381. The lowest BCUT2D eigenvalue weighted by Gasteiger charge is -2.39. The summed E-state index contributed by atoms with van der Waals surface area (Å²) >= 11 is 0. The molecule has 9 nitrogen and oxygen atoms in total. The van der Waals surface area contributed by atoms with Crippen molar-refractivity contribution >= 4 is 34.6 Å². The molecule has 4 rings (SSSR count). The van der Waals surface area contributed by atoms with Gasteiger partial charge in [-0.25, -0.2) is 9.78 Å². The van der Waals surface area contributed by atoms with Crippen molar-refractivity contribution in [2.45, 2.75) is 13.0 Å². The van der Waals surface area contributed by atoms with Crippen molar-refractivity contribution in [2.75, 3.05) is 43.6 Å². The maximum absolute atomic E-state index is 11.4. The van der Waals surface area contributed by atoms with Crippen molar-refractivity contribution in [1.82, 2.24) is 19.4 Å². The van der Waals surface area contributed by atoms with E-state index in [0.29, 0.717) is 25.6 Å². The highest BCUT2D eigenvalue weighted by atomic mass is 16.5. The Balaban J connectivity index is 1.74. The van der Waals surface area contributed by atoms with Gasteiger partial charge in [0.2, 0.25) is 5.95 Å². The lowest BCUT2D eigenvalue weighted by atomic mass is 10.2. The number of rotatable bonds is 4. The van der Waals surface area contributed by atoms with Gasteiger partial charge >= 0.3 is 6.09 Å². The van der Waals surface area contributed by atoms with E-state index in [9.17, 15) is 9.90 Å². The van der Waals surface area contributed by atoms with Crippen LogP contribution in [-0.2, 0) is 7.05 Å². The van der Waals surface area contributed by atoms with Crippen molar-refractivity contribution in [1.29, 1.82) is 0 Å². The van der Waals surface area contributed by atoms with Crippen LogP contribution >= 0.6 is 0 Å². The van der Waals surface area contributed by atoms with Crippen LogP contribution in [0.4, 0.5) is 22.2 Å². The summed E-state index contributed by atoms with van der Waals surface area (Å²) in [6.07, 6.45) is 1.09. The van der Waals surface area contributed by atoms with Crippen molar-refractivity contribution in [3.8, 4) is 5.75 Å². The molecule has 0 unspecified atom stereocenters. The lowest BCUT2D eigenvalue weighted by molar-refractivity contribution is 0.136. The predicted molar refractivity (Wildman–Crippen MR) is 116 cm³/mol. The van der Waals surface area contributed by atoms with Gasteiger partial charge in [0, 0.05) is 51.7 Å². The molecule has 1 aliphatic heterocycles. The van der Waals surface area contributed by atoms with E-state index in [0.717, 1.165) is 28.3 Å². The van der Waals surface area contributed by atoms with Crippen LogP contribution in [0.2, 0.25) is 0 Å². The van der Waals surface area contributed by atoms with Crippen LogP contribution in [0, 0.1) is 0 Å². The van der Waals surface area contributed by atoms with Gasteiger partial charge in [-0.1, -0.05) is 0 Å². The van der Waals surface area contributed by atoms with E-state index in [1.54, 1.807) is 7.11 Å². The molecule has 1 aliphatic rings. The predicted octanol–water partition coefficient (Wildman–Crippen LogP) is 2.93. The van der Waals surface area contributed by atoms with Crippen LogP contribution in [0.3, 0.4) is 0 Å². The summed E-state index contributed by atoms with van der Waals surface area (Å²) in [4.78, 5) is 26.6. The second kappa shape index (κ2) is 7.74. The summed E-state index contributed by atoms with van der Waals surface area (Å²) in [5, 5.41) is 9.34. The minimum Gasteiger partial charge on any atom is -0.497 e. The summed E-state index contributed by atoms with van der Waals surface area (Å²) < 4.78 is 7.26. The van der Waals surface area contributed by atoms with Crippen molar-refractivity contribution in [2.24, 2.45) is 7.05 Å². The van der Waals surface area contributed by atoms with Crippen LogP contribution in [-0.4, -0.2) is 70.5 Å². The number of benzene rings is 1. The third-order valence-electron chi connectivity index (χ3n) is 5.62. The quantitative estimate of drug-likeness (QED) is 0.708. The topological polar surface area (TPSA) is 87.0 Å². The Morgan fingerprint density at radius 2 is 1.93 bits per heavy atom. The van der Waals surface area contributed by atoms with E-state index in [1.807, 2.05) is 67.0 Å². The molecular weight excluding hydrogens is 384 g/mol. The Morgan fingerprint density at radius 1 is 1.20 bits per heavy atom. The third-order valence-corrected chi connectivity index (χ3v) is 5.62. The number of aryl methyl sites for hydroxylation is 1. The van der Waals surface area contributed by atoms with Crippen LogP contribution in [0.5, 0.6) is 5.75 Å². The number of methoxy groups -OCH3 is 1. The van der Waals surface area contributed by atoms with Gasteiger partial charge in [0.15, 0.2) is 5.82 Å². The highest BCUT2D eigenvalue weighted by Gasteiger charge is 2.30. The van der Waals surface area contributed by atoms with Gasteiger partial charge in [-0.05, 0) is 37.3 Å². The van der Waals surface area contributed by atoms with Crippen molar-refractivity contribution in [3.05, 3.63) is 36.5 Å². The molecule has 1 amide bonds. The maximum Gasteiger partial charge on any atom is 0.407 e. The number of amides is 1. The van der Waals surface area contributed by atoms with Crippen molar-refractivity contribution in [3.63, 3.8) is 0 Å². The molecule has 1 fully saturated rings. The number of fused-ring (bicyclic) bond motifs is 1. The molecule has 1 atom stereocenters. The SMILES string of the molecule is COc1ccc(N(C)c2nc(N3CCN(C(=O)O)C[C@@H]3C)c3c(ccn3C)n2)cc1. The van der Waals surface area contributed by atoms with Gasteiger partial charge in [-0.2, -0.15) is 4.98 Å². The maximum atomic E-state index is 11.4. The average Bonchev–Trinajstić information content (AvgIpc) is 3.13. The van der Waals surface area contributed by atoms with Gasteiger partial charge in [0.05, 0.1) is 12.6 Å². The summed E-state index contributed by atoms with van der Waals surface area (Å²) in [6.45, 7) is 3.49. The number of carbonyl (C=O) groups is 1. The Bertz CT molecular complexity index is 1060. The van der Waals surface area contributed by atoms with Gasteiger partial charge in [0.1, 0.15) is 11.3 Å². The Kier molecular flexibility index (Phi) is 5.11. The zero-order valence-electron chi connectivity index (χ0n) is 17.6. The standard InChI is InChI=1S/C21H26N6O3/c1-14-13-26(21(28)29)11-12-27(14)19-18-17(9-10-24(18)2)22-20(23-19)25(3)15-5-7-16(30-4)8-6-15/h5-10,14H,11-13H2,1-4H3,(H,28,29)/t14-/m0/s1. The van der Waals surface area contributed by atoms with E-state index in [-0.39, 0.29) is 6.04 Å². The molecule has 1 aromatic carbocycles. The molecule has 0 bridgehead atoms. The molecule has 0 radical (unpaired) electrons. The first kappa shape index (κ1) is 19.8. The Labute approximate surface area is 175 Å². The van der Waals surface area contributed by atoms with E-state index in [1.165, 1.54) is 4.90 Å². The molecule has 3 aromatic rings. The molecule has 0 spiro atoms. The molecule has 30 heavy (non-hydrogen) atoms. The molecule has 158 valence electrons. The van der Waals surface area contributed by atoms with Crippen molar-refractivity contribution < 1.29 is 14.6 Å². The number of anilines is 3. The summed E-state index contributed by atoms with van der Waals surface area (Å²) in [6, 6.07) is 9.71. The normalized spacial score (nSPS) is 16.7. The molecule has 0 aliphatic carbocycles. The smallest absolute Gasteiger partial charge is 0.407 e. The van der Waals surface area contributed by atoms with E-state index >= 15 is 0 Å². The third kappa shape index (κ3) is 3.47. The molecule has 9 heteroatoms. The van der Waals surface area contributed by atoms with Gasteiger partial charge in [-0.3, -0.25) is 0 Å². The van der Waals surface area contributed by atoms with Crippen LogP contribution in [0.25, 0.3) is 11.0 Å². The fourth-order valence-electron chi connectivity index (χ4n) is 3.88. The molecular formula is C21H26N6O3. The zero-order chi connectivity index (χ0) is 21.4. The Hall–Kier alpha value is -3.49. The van der Waals surface area contributed by atoms with Crippen LogP contribution < -0.4 is 14.5 Å². The minimum absolute atomic E-state index is 0.00184. The van der Waals surface area contributed by atoms with E-state index < -0.39 is 6.09 Å². The number of ether oxygens (including phenoxy) is 1. The zero-order valence-corrected chi connectivity index (χ0v) is 17.6. The number of hydrogen-bond donors (Lipinski definition) is 1. The number of aromatic nitrogens is 3. The van der Waals surface area contributed by atoms with Crippen LogP contribution in [0.1, 0.15) is 6.92 Å². The first-order chi connectivity index (χ1) is 14.4. The van der Waals surface area contributed by atoms with Gasteiger partial charge in [0.25, 0.3) is 0 Å². The second-order valence-electron chi connectivity index (χ2n) is 7.54. The average molecular weight is 410 g/mol. The molecule has 1 saturated heterocycles. The minimum atomic E-state index is -0.881. The molecule has 1 N–H and O–H groups in total. The van der Waals surface area contributed by atoms with Gasteiger partial charge in [-0.15, -0.1) is 0 Å². The number of piperazine rings is 1. The largest absolute Gasteiger partial charge is 0.497 e. The summed E-state index contributed by atoms with van der Waals surface area (Å²) in [5.74, 6) is 2.19. The number of hydrogen-bond acceptors (Lipinski definition) is 6. The highest BCUT2D eigenvalue weighted by molar-refractivity contribution is 5.89. The molecule has 3 heterocycles. The molecule has 2 aromatic heterocycles. The first-order valence-electron chi connectivity index (χ1n) is 9.84. The summed E-state index contributed by atoms with van der Waals surface area (Å²) in [7, 11) is 5.55. The monoisotopic (exact) mass is 410 g/mol. The van der Waals surface area contributed by atoms with E-state index in [2.05, 4.69) is 4.90 Å². The number of carboxylic acid groups (broad SMARTS) is 1. The second-order valence-corrected chi connectivity index (χ2v) is 7.54. The highest BCUT2D eigenvalue weighted by Crippen LogP contribution is 2.31. The molecule has 0 saturated carbocycles. The number of nitrogens with zero attached hydrogens (tertiary/aromatic N) is 6. The lowest BCUT2D eigenvalue weighted by Crippen LogP contribution is -2.53. The Morgan fingerprint density at radius 3 is 2.57 bits per heavy atom. The van der Waals surface area contributed by atoms with Crippen LogP contribution in [0.15, 0.2) is 36.5 Å². The fourth-order valence-corrected chi connectivity index (χ4v) is 3.88. The van der Waals surface area contributed by atoms with E-state index in [4.69, 9.17) is 14.7 Å². The van der Waals surface area contributed by atoms with Gasteiger partial charge < -0.3 is 29.1 Å².